The van der Waals surface area contributed by atoms with Gasteiger partial charge in [0, 0.05) is 4.88 Å². The molecule has 0 spiro atoms. The fourth-order valence-electron chi connectivity index (χ4n) is 3.19. The van der Waals surface area contributed by atoms with Gasteiger partial charge < -0.3 is 10.1 Å². The van der Waals surface area contributed by atoms with Gasteiger partial charge in [0.15, 0.2) is 0 Å². The molecule has 2 saturated heterocycles. The number of anilines is 1. The third-order valence-corrected chi connectivity index (χ3v) is 5.54. The van der Waals surface area contributed by atoms with Gasteiger partial charge in [-0.15, -0.1) is 11.3 Å². The molecule has 4 nitrogen and oxygen atoms in total. The number of hydrogen-bond acceptors (Lipinski definition) is 5. The predicted molar refractivity (Wildman–Crippen MR) is 81.7 cm³/mol. The van der Waals surface area contributed by atoms with E-state index in [9.17, 15) is 0 Å². The Balaban J connectivity index is 1.69. The molecule has 2 aliphatic rings. The summed E-state index contributed by atoms with van der Waals surface area (Å²) in [6, 6.07) is 2.53. The third kappa shape index (κ3) is 2.08. The van der Waals surface area contributed by atoms with Gasteiger partial charge >= 0.3 is 0 Å². The maximum absolute atomic E-state index is 6.05. The predicted octanol–water partition coefficient (Wildman–Crippen LogP) is 3.64. The van der Waals surface area contributed by atoms with Crippen LogP contribution in [0.15, 0.2) is 6.07 Å². The van der Waals surface area contributed by atoms with Gasteiger partial charge in [0.25, 0.3) is 0 Å². The minimum absolute atomic E-state index is 0.313. The lowest BCUT2D eigenvalue weighted by molar-refractivity contribution is 0.102. The number of fused-ring (bicyclic) bond motifs is 3. The summed E-state index contributed by atoms with van der Waals surface area (Å²) in [7, 11) is 0. The number of nitrogens with one attached hydrogen (secondary N) is 1. The summed E-state index contributed by atoms with van der Waals surface area (Å²) in [4.78, 5) is 11.0. The van der Waals surface area contributed by atoms with Crippen LogP contribution in [0.1, 0.15) is 31.1 Å². The summed E-state index contributed by atoms with van der Waals surface area (Å²) in [5.41, 5.74) is 0. The standard InChI is InChI=1S/C14H16ClN3OS/c1-2-8-6-9-12(17-14(15)18-13(9)20-8)16-10-5-7-3-4-11(10)19-7/h6-7,10-11H,2-5H2,1H3,(H,16,17,18). The highest BCUT2D eigenvalue weighted by atomic mass is 35.5. The van der Waals surface area contributed by atoms with Gasteiger partial charge in [0.1, 0.15) is 10.6 Å². The van der Waals surface area contributed by atoms with Crippen LogP contribution in [-0.2, 0) is 11.2 Å². The van der Waals surface area contributed by atoms with Crippen molar-refractivity contribution in [3.63, 3.8) is 0 Å². The van der Waals surface area contributed by atoms with Gasteiger partial charge in [0.05, 0.1) is 23.6 Å². The Bertz CT molecular complexity index is 659. The third-order valence-electron chi connectivity index (χ3n) is 4.19. The zero-order chi connectivity index (χ0) is 13.7. The fraction of sp³-hybridized carbons (Fsp3) is 0.571. The monoisotopic (exact) mass is 309 g/mol. The lowest BCUT2D eigenvalue weighted by atomic mass is 9.95. The van der Waals surface area contributed by atoms with E-state index in [1.54, 1.807) is 11.3 Å². The molecule has 0 amide bonds. The summed E-state index contributed by atoms with van der Waals surface area (Å²) in [5.74, 6) is 0.858. The maximum atomic E-state index is 6.05. The van der Waals surface area contributed by atoms with Gasteiger partial charge in [-0.2, -0.15) is 0 Å². The minimum Gasteiger partial charge on any atom is -0.373 e. The van der Waals surface area contributed by atoms with Crippen LogP contribution in [0.25, 0.3) is 10.2 Å². The molecule has 2 bridgehead atoms. The van der Waals surface area contributed by atoms with E-state index in [-0.39, 0.29) is 0 Å². The Kier molecular flexibility index (Phi) is 3.09. The molecule has 0 radical (unpaired) electrons. The topological polar surface area (TPSA) is 47.0 Å². The highest BCUT2D eigenvalue weighted by Crippen LogP contribution is 2.37. The number of aromatic nitrogens is 2. The number of rotatable bonds is 3. The summed E-state index contributed by atoms with van der Waals surface area (Å²) in [6.45, 7) is 2.15. The van der Waals surface area contributed by atoms with Crippen LogP contribution >= 0.6 is 22.9 Å². The SMILES string of the molecule is CCc1cc2c(NC3CC4CCC3O4)nc(Cl)nc2s1. The zero-order valence-electron chi connectivity index (χ0n) is 11.2. The van der Waals surface area contributed by atoms with Crippen molar-refractivity contribution < 1.29 is 4.74 Å². The second-order valence-corrected chi connectivity index (χ2v) is 6.94. The van der Waals surface area contributed by atoms with E-state index >= 15 is 0 Å². The van der Waals surface area contributed by atoms with E-state index in [4.69, 9.17) is 16.3 Å². The zero-order valence-corrected chi connectivity index (χ0v) is 12.8. The summed E-state index contributed by atoms with van der Waals surface area (Å²) in [6.07, 6.45) is 5.18. The first-order chi connectivity index (χ1) is 9.72. The maximum Gasteiger partial charge on any atom is 0.225 e. The number of hydrogen-bond donors (Lipinski definition) is 1. The van der Waals surface area contributed by atoms with Crippen molar-refractivity contribution in [2.24, 2.45) is 0 Å². The van der Waals surface area contributed by atoms with Crippen molar-refractivity contribution in [1.29, 1.82) is 0 Å². The Morgan fingerprint density at radius 3 is 3.05 bits per heavy atom. The molecule has 1 N–H and O–H groups in total. The minimum atomic E-state index is 0.313. The van der Waals surface area contributed by atoms with Crippen molar-refractivity contribution >= 4 is 39.0 Å². The molecule has 2 fully saturated rings. The Hall–Kier alpha value is -0.910. The highest BCUT2D eigenvalue weighted by Gasteiger charge is 2.41. The van der Waals surface area contributed by atoms with Crippen LogP contribution < -0.4 is 5.32 Å². The molecule has 0 aliphatic carbocycles. The van der Waals surface area contributed by atoms with Crippen LogP contribution in [0.4, 0.5) is 5.82 Å². The molecular weight excluding hydrogens is 294 g/mol. The normalized spacial score (nSPS) is 28.4. The Labute approximate surface area is 126 Å². The van der Waals surface area contributed by atoms with E-state index in [2.05, 4.69) is 28.3 Å². The van der Waals surface area contributed by atoms with Gasteiger partial charge in [0.2, 0.25) is 5.28 Å². The molecule has 4 rings (SSSR count). The average molecular weight is 310 g/mol. The Morgan fingerprint density at radius 2 is 2.35 bits per heavy atom. The molecule has 106 valence electrons. The van der Waals surface area contributed by atoms with Gasteiger partial charge in [-0.25, -0.2) is 9.97 Å². The van der Waals surface area contributed by atoms with Crippen LogP contribution in [0, 0.1) is 0 Å². The first-order valence-corrected chi connectivity index (χ1v) is 8.30. The number of nitrogens with zero attached hydrogens (tertiary/aromatic N) is 2. The average Bonchev–Trinajstić information content (AvgIpc) is 3.11. The molecule has 6 heteroatoms. The number of halogens is 1. The van der Waals surface area contributed by atoms with Gasteiger partial charge in [-0.05, 0) is 43.4 Å². The van der Waals surface area contributed by atoms with Crippen molar-refractivity contribution in [3.8, 4) is 0 Å². The molecule has 3 unspecified atom stereocenters. The number of ether oxygens (including phenoxy) is 1. The van der Waals surface area contributed by atoms with E-state index in [1.165, 1.54) is 11.3 Å². The van der Waals surface area contributed by atoms with Crippen LogP contribution in [-0.4, -0.2) is 28.2 Å². The van der Waals surface area contributed by atoms with E-state index in [0.29, 0.717) is 23.5 Å². The highest BCUT2D eigenvalue weighted by molar-refractivity contribution is 7.18. The molecule has 2 aromatic heterocycles. The van der Waals surface area contributed by atoms with Crippen molar-refractivity contribution in [3.05, 3.63) is 16.2 Å². The van der Waals surface area contributed by atoms with E-state index in [1.807, 2.05) is 0 Å². The second kappa shape index (κ2) is 4.83. The first kappa shape index (κ1) is 12.8. The summed E-state index contributed by atoms with van der Waals surface area (Å²) in [5, 5.41) is 4.94. The van der Waals surface area contributed by atoms with Gasteiger partial charge in [-0.1, -0.05) is 6.92 Å². The molecule has 2 aliphatic heterocycles. The largest absolute Gasteiger partial charge is 0.373 e. The van der Waals surface area contributed by atoms with Gasteiger partial charge in [-0.3, -0.25) is 0 Å². The number of thiophene rings is 1. The van der Waals surface area contributed by atoms with Crippen molar-refractivity contribution in [2.75, 3.05) is 5.32 Å². The molecule has 0 saturated carbocycles. The second-order valence-electron chi connectivity index (χ2n) is 5.49. The van der Waals surface area contributed by atoms with E-state index in [0.717, 1.165) is 35.3 Å². The fourth-order valence-corrected chi connectivity index (χ4v) is 4.38. The summed E-state index contributed by atoms with van der Waals surface area (Å²) >= 11 is 7.75. The smallest absolute Gasteiger partial charge is 0.225 e. The molecule has 3 atom stereocenters. The van der Waals surface area contributed by atoms with Crippen LogP contribution in [0.2, 0.25) is 5.28 Å². The lowest BCUT2D eigenvalue weighted by Crippen LogP contribution is -2.30. The van der Waals surface area contributed by atoms with Crippen molar-refractivity contribution in [2.45, 2.75) is 50.9 Å². The molecule has 4 heterocycles. The Morgan fingerprint density at radius 1 is 1.45 bits per heavy atom. The molecule has 2 aromatic rings. The van der Waals surface area contributed by atoms with Crippen LogP contribution in [0.3, 0.4) is 0 Å². The quantitative estimate of drug-likeness (QED) is 0.879. The molecule has 0 aromatic carbocycles. The summed E-state index contributed by atoms with van der Waals surface area (Å²) < 4.78 is 5.89. The molecule has 20 heavy (non-hydrogen) atoms. The van der Waals surface area contributed by atoms with Crippen molar-refractivity contribution in [1.82, 2.24) is 9.97 Å². The molecular formula is C14H16ClN3OS. The van der Waals surface area contributed by atoms with E-state index < -0.39 is 0 Å². The first-order valence-electron chi connectivity index (χ1n) is 7.11. The lowest BCUT2D eigenvalue weighted by Gasteiger charge is -2.20. The van der Waals surface area contributed by atoms with Crippen LogP contribution in [0.5, 0.6) is 0 Å². The number of aryl methyl sites for hydroxylation is 1.